The van der Waals surface area contributed by atoms with E-state index in [4.69, 9.17) is 4.74 Å². The molecule has 4 nitrogen and oxygen atoms in total. The molecule has 1 saturated heterocycles. The van der Waals surface area contributed by atoms with Crippen LogP contribution >= 0.6 is 0 Å². The number of benzene rings is 1. The Bertz CT molecular complexity index is 669. The Morgan fingerprint density at radius 3 is 3.05 bits per heavy atom. The molecule has 2 aromatic rings. The zero-order valence-electron chi connectivity index (χ0n) is 12.7. The van der Waals surface area contributed by atoms with E-state index in [1.165, 1.54) is 6.07 Å². The third kappa shape index (κ3) is 2.91. The number of anilines is 1. The van der Waals surface area contributed by atoms with Crippen LogP contribution in [0.1, 0.15) is 18.5 Å². The summed E-state index contributed by atoms with van der Waals surface area (Å²) in [6.07, 6.45) is 1.63. The Hall–Kier alpha value is -1.72. The zero-order valence-corrected chi connectivity index (χ0v) is 12.7. The maximum absolute atomic E-state index is 13.9. The van der Waals surface area contributed by atoms with E-state index in [1.54, 1.807) is 6.07 Å². The molecule has 2 heterocycles. The number of aliphatic hydroxyl groups excluding tert-OH is 1. The first-order valence-corrected chi connectivity index (χ1v) is 7.62. The number of nitrogens with zero attached hydrogens (tertiary/aromatic N) is 1. The highest BCUT2D eigenvalue weighted by molar-refractivity contribution is 5.91. The summed E-state index contributed by atoms with van der Waals surface area (Å²) in [4.78, 5) is 4.29. The summed E-state index contributed by atoms with van der Waals surface area (Å²) in [5.74, 6) is -0.307. The average Bonchev–Trinajstić information content (AvgIpc) is 2.95. The molecular weight excluding hydrogens is 283 g/mol. The first kappa shape index (κ1) is 15.2. The Morgan fingerprint density at radius 2 is 2.32 bits per heavy atom. The van der Waals surface area contributed by atoms with Gasteiger partial charge in [0.2, 0.25) is 0 Å². The molecule has 0 spiro atoms. The minimum atomic E-state index is -0.307. The van der Waals surface area contributed by atoms with Crippen molar-refractivity contribution in [2.75, 3.05) is 31.7 Å². The highest BCUT2D eigenvalue weighted by Crippen LogP contribution is 2.33. The maximum Gasteiger partial charge on any atom is 0.149 e. The second kappa shape index (κ2) is 6.18. The summed E-state index contributed by atoms with van der Waals surface area (Å²) in [6.45, 7) is 4.08. The van der Waals surface area contributed by atoms with Gasteiger partial charge in [0.25, 0.3) is 0 Å². The van der Waals surface area contributed by atoms with Crippen molar-refractivity contribution in [3.05, 3.63) is 35.8 Å². The minimum absolute atomic E-state index is 0.0500. The number of fused-ring (bicyclic) bond motifs is 1. The quantitative estimate of drug-likeness (QED) is 0.892. The summed E-state index contributed by atoms with van der Waals surface area (Å²) < 4.78 is 19.4. The van der Waals surface area contributed by atoms with Crippen LogP contribution in [0.3, 0.4) is 0 Å². The van der Waals surface area contributed by atoms with Crippen molar-refractivity contribution in [1.82, 2.24) is 4.98 Å². The van der Waals surface area contributed by atoms with Gasteiger partial charge in [-0.25, -0.2) is 9.37 Å². The predicted molar refractivity (Wildman–Crippen MR) is 84.5 cm³/mol. The van der Waals surface area contributed by atoms with E-state index in [-0.39, 0.29) is 17.8 Å². The van der Waals surface area contributed by atoms with Gasteiger partial charge in [-0.05, 0) is 31.9 Å². The molecule has 1 fully saturated rings. The lowest BCUT2D eigenvalue weighted by atomic mass is 9.84. The molecule has 0 radical (unpaired) electrons. The fourth-order valence-corrected chi connectivity index (χ4v) is 3.08. The molecule has 5 heteroatoms. The molecule has 1 aromatic carbocycles. The molecule has 2 N–H and O–H groups in total. The largest absolute Gasteiger partial charge is 0.396 e. The van der Waals surface area contributed by atoms with Crippen molar-refractivity contribution < 1.29 is 14.2 Å². The van der Waals surface area contributed by atoms with E-state index >= 15 is 0 Å². The molecule has 118 valence electrons. The van der Waals surface area contributed by atoms with Crippen LogP contribution in [0, 0.1) is 18.2 Å². The standard InChI is InChI=1S/C17H21FN2O2/c1-12-9-15(13-3-2-4-14(18)16(13)20-12)19-10-17(5-7-21)6-8-22-11-17/h2-4,9,21H,5-8,10-11H2,1H3,(H,19,20). The van der Waals surface area contributed by atoms with Crippen LogP contribution in [0.4, 0.5) is 10.1 Å². The van der Waals surface area contributed by atoms with Gasteiger partial charge >= 0.3 is 0 Å². The minimum Gasteiger partial charge on any atom is -0.396 e. The highest BCUT2D eigenvalue weighted by Gasteiger charge is 2.34. The Morgan fingerprint density at radius 1 is 1.45 bits per heavy atom. The molecule has 1 aromatic heterocycles. The monoisotopic (exact) mass is 304 g/mol. The van der Waals surface area contributed by atoms with Gasteiger partial charge in [-0.1, -0.05) is 12.1 Å². The maximum atomic E-state index is 13.9. The van der Waals surface area contributed by atoms with Crippen molar-refractivity contribution in [3.63, 3.8) is 0 Å². The molecule has 1 atom stereocenters. The van der Waals surface area contributed by atoms with Crippen molar-refractivity contribution in [2.24, 2.45) is 5.41 Å². The molecule has 1 unspecified atom stereocenters. The number of hydrogen-bond donors (Lipinski definition) is 2. The number of ether oxygens (including phenoxy) is 1. The van der Waals surface area contributed by atoms with Crippen LogP contribution in [0.5, 0.6) is 0 Å². The van der Waals surface area contributed by atoms with Gasteiger partial charge in [-0.2, -0.15) is 0 Å². The van der Waals surface area contributed by atoms with Gasteiger partial charge in [-0.15, -0.1) is 0 Å². The van der Waals surface area contributed by atoms with Crippen molar-refractivity contribution in [2.45, 2.75) is 19.8 Å². The van der Waals surface area contributed by atoms with Crippen LogP contribution < -0.4 is 5.32 Å². The average molecular weight is 304 g/mol. The lowest BCUT2D eigenvalue weighted by Crippen LogP contribution is -2.31. The van der Waals surface area contributed by atoms with Gasteiger partial charge in [-0.3, -0.25) is 0 Å². The molecule has 3 rings (SSSR count). The number of hydrogen-bond acceptors (Lipinski definition) is 4. The highest BCUT2D eigenvalue weighted by atomic mass is 19.1. The van der Waals surface area contributed by atoms with E-state index in [1.807, 2.05) is 19.1 Å². The van der Waals surface area contributed by atoms with Crippen LogP contribution in [-0.4, -0.2) is 36.5 Å². The zero-order chi connectivity index (χ0) is 15.6. The normalized spacial score (nSPS) is 21.4. The molecular formula is C17H21FN2O2. The number of aromatic nitrogens is 1. The fraction of sp³-hybridized carbons (Fsp3) is 0.471. The number of aryl methyl sites for hydroxylation is 1. The summed E-state index contributed by atoms with van der Waals surface area (Å²) in [5.41, 5.74) is 2.00. The number of aliphatic hydroxyl groups is 1. The first-order valence-electron chi connectivity index (χ1n) is 7.62. The Kier molecular flexibility index (Phi) is 4.27. The first-order chi connectivity index (χ1) is 10.6. The van der Waals surface area contributed by atoms with Crippen LogP contribution in [0.15, 0.2) is 24.3 Å². The second-order valence-electron chi connectivity index (χ2n) is 6.08. The van der Waals surface area contributed by atoms with Crippen molar-refractivity contribution in [1.29, 1.82) is 0 Å². The van der Waals surface area contributed by atoms with Crippen molar-refractivity contribution in [3.8, 4) is 0 Å². The third-order valence-electron chi connectivity index (χ3n) is 4.40. The van der Waals surface area contributed by atoms with Crippen LogP contribution in [0.25, 0.3) is 10.9 Å². The summed E-state index contributed by atoms with van der Waals surface area (Å²) in [7, 11) is 0. The molecule has 0 saturated carbocycles. The lowest BCUT2D eigenvalue weighted by Gasteiger charge is -2.27. The van der Waals surface area contributed by atoms with E-state index < -0.39 is 0 Å². The molecule has 1 aliphatic heterocycles. The second-order valence-corrected chi connectivity index (χ2v) is 6.08. The smallest absolute Gasteiger partial charge is 0.149 e. The number of rotatable bonds is 5. The predicted octanol–water partition coefficient (Wildman–Crippen LogP) is 2.88. The number of halogens is 1. The summed E-state index contributed by atoms with van der Waals surface area (Å²) in [6, 6.07) is 6.93. The Labute approximate surface area is 129 Å². The van der Waals surface area contributed by atoms with Gasteiger partial charge in [0.15, 0.2) is 0 Å². The van der Waals surface area contributed by atoms with Crippen LogP contribution in [-0.2, 0) is 4.74 Å². The molecule has 0 aliphatic carbocycles. The van der Waals surface area contributed by atoms with Gasteiger partial charge < -0.3 is 15.2 Å². The van der Waals surface area contributed by atoms with E-state index in [9.17, 15) is 9.50 Å². The molecule has 1 aliphatic rings. The van der Waals surface area contributed by atoms with E-state index in [0.29, 0.717) is 25.1 Å². The van der Waals surface area contributed by atoms with Crippen molar-refractivity contribution >= 4 is 16.6 Å². The topological polar surface area (TPSA) is 54.4 Å². The lowest BCUT2D eigenvalue weighted by molar-refractivity contribution is 0.133. The summed E-state index contributed by atoms with van der Waals surface area (Å²) in [5, 5.41) is 13.5. The molecule has 0 amide bonds. The summed E-state index contributed by atoms with van der Waals surface area (Å²) >= 11 is 0. The van der Waals surface area contributed by atoms with Gasteiger partial charge in [0.05, 0.1) is 6.61 Å². The molecule has 0 bridgehead atoms. The fourth-order valence-electron chi connectivity index (χ4n) is 3.08. The Balaban J connectivity index is 1.89. The van der Waals surface area contributed by atoms with E-state index in [0.717, 1.165) is 29.8 Å². The SMILES string of the molecule is Cc1cc(NCC2(CCO)CCOC2)c2cccc(F)c2n1. The third-order valence-corrected chi connectivity index (χ3v) is 4.40. The number of pyridine rings is 1. The molecule has 22 heavy (non-hydrogen) atoms. The number of nitrogens with one attached hydrogen (secondary N) is 1. The number of para-hydroxylation sites is 1. The van der Waals surface area contributed by atoms with Crippen LogP contribution in [0.2, 0.25) is 0 Å². The van der Waals surface area contributed by atoms with E-state index in [2.05, 4.69) is 10.3 Å². The van der Waals surface area contributed by atoms with Gasteiger partial charge in [0, 0.05) is 41.9 Å². The van der Waals surface area contributed by atoms with Gasteiger partial charge in [0.1, 0.15) is 11.3 Å².